The maximum absolute atomic E-state index is 10.8. The van der Waals surface area contributed by atoms with Gasteiger partial charge in [0.05, 0.1) is 25.4 Å². The molecule has 0 amide bonds. The van der Waals surface area contributed by atoms with Crippen LogP contribution in [0.4, 0.5) is 0 Å². The number of rotatable bonds is 5. The third-order valence-electron chi connectivity index (χ3n) is 2.47. The predicted molar refractivity (Wildman–Crippen MR) is 46.3 cm³/mol. The molecule has 7 nitrogen and oxygen atoms in total. The summed E-state index contributed by atoms with van der Waals surface area (Å²) in [4.78, 5) is 0. The molecule has 0 saturated carbocycles. The number of hydrogen-bond donors (Lipinski definition) is 4. The van der Waals surface area contributed by atoms with Crippen molar-refractivity contribution in [2.45, 2.75) is 17.2 Å². The summed E-state index contributed by atoms with van der Waals surface area (Å²) in [5.41, 5.74) is 3.27. The van der Waals surface area contributed by atoms with Crippen LogP contribution < -0.4 is 35.3 Å². The van der Waals surface area contributed by atoms with Crippen LogP contribution in [0.5, 0.6) is 0 Å². The van der Waals surface area contributed by atoms with Gasteiger partial charge in [-0.15, -0.1) is 0 Å². The molecule has 0 bridgehead atoms. The Morgan fingerprint density at radius 3 is 1.60 bits per heavy atom. The normalized spacial score (nSPS) is 16.7. The van der Waals surface area contributed by atoms with Crippen LogP contribution >= 0.6 is 0 Å². The first-order chi connectivity index (χ1) is 6.18. The van der Waals surface area contributed by atoms with E-state index in [9.17, 15) is 13.0 Å². The summed E-state index contributed by atoms with van der Waals surface area (Å²) in [7, 11) is -4.94. The molecule has 0 aliphatic heterocycles. The molecule has 0 aliphatic rings. The molecule has 5 N–H and O–H groups in total. The van der Waals surface area contributed by atoms with Gasteiger partial charge in [-0.1, -0.05) is 0 Å². The van der Waals surface area contributed by atoms with Crippen LogP contribution in [0.2, 0.25) is 0 Å². The monoisotopic (exact) mass is 251 g/mol. The van der Waals surface area contributed by atoms with Crippen molar-refractivity contribution in [1.29, 1.82) is 0 Å². The minimum atomic E-state index is -4.94. The first kappa shape index (κ1) is 18.1. The Morgan fingerprint density at radius 2 is 1.53 bits per heavy atom. The molecule has 0 fully saturated rings. The van der Waals surface area contributed by atoms with E-state index in [2.05, 4.69) is 0 Å². The zero-order valence-electron chi connectivity index (χ0n) is 8.67. The summed E-state index contributed by atoms with van der Waals surface area (Å²) in [6.07, 6.45) is 0. The van der Waals surface area contributed by atoms with Crippen LogP contribution in [0.15, 0.2) is 0 Å². The van der Waals surface area contributed by atoms with Crippen molar-refractivity contribution < 1.29 is 57.8 Å². The summed E-state index contributed by atoms with van der Waals surface area (Å²) in [6.45, 7) is -2.05. The fourth-order valence-electron chi connectivity index (χ4n) is 0.870. The Bertz CT molecular complexity index is 290. The SMILES string of the molecule is CC(CO)(C(N)(CO)CO)S(=O)(=O)[O-].[Na+]. The Hall–Kier alpha value is 0.750. The van der Waals surface area contributed by atoms with Crippen LogP contribution in [0, 0.1) is 0 Å². The van der Waals surface area contributed by atoms with E-state index in [1.54, 1.807) is 0 Å². The predicted octanol–water partition coefficient (Wildman–Crippen LogP) is -6.03. The molecule has 1 unspecified atom stereocenters. The average Bonchev–Trinajstić information content (AvgIpc) is 2.13. The van der Waals surface area contributed by atoms with Crippen molar-refractivity contribution in [1.82, 2.24) is 0 Å². The molecule has 0 aliphatic carbocycles. The number of aliphatic hydroxyl groups excluding tert-OH is 3. The molecule has 15 heavy (non-hydrogen) atoms. The number of hydrogen-bond acceptors (Lipinski definition) is 7. The summed E-state index contributed by atoms with van der Waals surface area (Å²) in [5.74, 6) is 0. The van der Waals surface area contributed by atoms with Gasteiger partial charge in [0.2, 0.25) is 0 Å². The summed E-state index contributed by atoms with van der Waals surface area (Å²) in [5, 5.41) is 26.5. The molecule has 9 heteroatoms. The molecule has 0 heterocycles. The van der Waals surface area contributed by atoms with E-state index in [1.807, 2.05) is 0 Å². The zero-order chi connectivity index (χ0) is 11.6. The summed E-state index contributed by atoms with van der Waals surface area (Å²) < 4.78 is 30.2. The number of aliphatic hydroxyl groups is 3. The maximum atomic E-state index is 10.8. The van der Waals surface area contributed by atoms with Gasteiger partial charge in [-0.25, -0.2) is 8.42 Å². The molecular formula is C6H14NNaO6S. The van der Waals surface area contributed by atoms with Crippen LogP contribution in [0.3, 0.4) is 0 Å². The van der Waals surface area contributed by atoms with Gasteiger partial charge in [-0.3, -0.25) is 0 Å². The molecule has 0 aromatic carbocycles. The molecular weight excluding hydrogens is 237 g/mol. The van der Waals surface area contributed by atoms with Crippen LogP contribution in [0.25, 0.3) is 0 Å². The van der Waals surface area contributed by atoms with E-state index in [1.165, 1.54) is 0 Å². The third kappa shape index (κ3) is 3.11. The van der Waals surface area contributed by atoms with Crippen molar-refractivity contribution in [2.24, 2.45) is 5.73 Å². The smallest absolute Gasteiger partial charge is 0.747 e. The van der Waals surface area contributed by atoms with Crippen LogP contribution in [0.1, 0.15) is 6.92 Å². The first-order valence-electron chi connectivity index (χ1n) is 3.75. The van der Waals surface area contributed by atoms with Gasteiger partial charge in [-0.05, 0) is 6.92 Å². The molecule has 0 radical (unpaired) electrons. The summed E-state index contributed by atoms with van der Waals surface area (Å²) in [6, 6.07) is 0. The molecule has 0 spiro atoms. The average molecular weight is 251 g/mol. The Morgan fingerprint density at radius 1 is 1.20 bits per heavy atom. The van der Waals surface area contributed by atoms with Crippen LogP contribution in [-0.4, -0.2) is 58.4 Å². The third-order valence-corrected chi connectivity index (χ3v) is 4.11. The molecule has 0 saturated heterocycles. The van der Waals surface area contributed by atoms with E-state index in [-0.39, 0.29) is 29.6 Å². The zero-order valence-corrected chi connectivity index (χ0v) is 11.5. The fraction of sp³-hybridized carbons (Fsp3) is 1.00. The molecule has 0 aromatic heterocycles. The number of nitrogens with two attached hydrogens (primary N) is 1. The minimum Gasteiger partial charge on any atom is -0.747 e. The molecule has 0 aromatic rings. The van der Waals surface area contributed by atoms with Gasteiger partial charge in [0, 0.05) is 0 Å². The van der Waals surface area contributed by atoms with E-state index in [4.69, 9.17) is 21.1 Å². The standard InChI is InChI=1S/C6H15NO6S.Na/c1-5(2-8,14(11,12)13)6(7,3-9)4-10;/h8-10H,2-4,7H2,1H3,(H,11,12,13);/q;+1/p-1. The van der Waals surface area contributed by atoms with E-state index < -0.39 is 40.2 Å². The van der Waals surface area contributed by atoms with Crippen molar-refractivity contribution >= 4 is 10.1 Å². The second kappa shape index (κ2) is 5.89. The van der Waals surface area contributed by atoms with Gasteiger partial charge >= 0.3 is 29.6 Å². The second-order valence-corrected chi connectivity index (χ2v) is 5.12. The van der Waals surface area contributed by atoms with Gasteiger partial charge in [-0.2, -0.15) is 0 Å². The molecule has 0 rings (SSSR count). The van der Waals surface area contributed by atoms with Gasteiger partial charge in [0.1, 0.15) is 14.9 Å². The molecule has 1 atom stereocenters. The fourth-order valence-corrected chi connectivity index (χ4v) is 1.66. The van der Waals surface area contributed by atoms with Crippen LogP contribution in [-0.2, 0) is 10.1 Å². The van der Waals surface area contributed by atoms with E-state index >= 15 is 0 Å². The first-order valence-corrected chi connectivity index (χ1v) is 5.16. The quantitative estimate of drug-likeness (QED) is 0.281. The topological polar surface area (TPSA) is 144 Å². The van der Waals surface area contributed by atoms with Crippen molar-refractivity contribution in [3.8, 4) is 0 Å². The van der Waals surface area contributed by atoms with E-state index in [0.717, 1.165) is 6.92 Å². The van der Waals surface area contributed by atoms with Crippen molar-refractivity contribution in [3.63, 3.8) is 0 Å². The Labute approximate surface area is 110 Å². The van der Waals surface area contributed by atoms with E-state index in [0.29, 0.717) is 0 Å². The Kier molecular flexibility index (Phi) is 7.12. The summed E-state index contributed by atoms with van der Waals surface area (Å²) >= 11 is 0. The van der Waals surface area contributed by atoms with Crippen molar-refractivity contribution in [2.75, 3.05) is 19.8 Å². The van der Waals surface area contributed by atoms with Gasteiger partial charge < -0.3 is 25.6 Å². The second-order valence-electron chi connectivity index (χ2n) is 3.32. The minimum absolute atomic E-state index is 0. The maximum Gasteiger partial charge on any atom is 1.00 e. The molecule has 86 valence electrons. The largest absolute Gasteiger partial charge is 1.00 e. The Balaban J connectivity index is 0. The van der Waals surface area contributed by atoms with Gasteiger partial charge in [0.25, 0.3) is 0 Å². The van der Waals surface area contributed by atoms with Gasteiger partial charge in [0.15, 0.2) is 0 Å². The van der Waals surface area contributed by atoms with Crippen molar-refractivity contribution in [3.05, 3.63) is 0 Å².